The van der Waals surface area contributed by atoms with Gasteiger partial charge in [-0.3, -0.25) is 0 Å². The van der Waals surface area contributed by atoms with Crippen molar-refractivity contribution in [3.8, 4) is 12.3 Å². The molecular formula is C12H18. The molecule has 0 rings (SSSR count). The highest BCUT2D eigenvalue weighted by Crippen LogP contribution is 2.15. The summed E-state index contributed by atoms with van der Waals surface area (Å²) < 4.78 is 0. The quantitative estimate of drug-likeness (QED) is 0.439. The number of allylic oxidation sites excluding steroid dienone is 4. The summed E-state index contributed by atoms with van der Waals surface area (Å²) in [7, 11) is 0. The normalized spacial score (nSPS) is 16.5. The zero-order valence-electron chi connectivity index (χ0n) is 8.25. The summed E-state index contributed by atoms with van der Waals surface area (Å²) in [4.78, 5) is 0. The average molecular weight is 162 g/mol. The van der Waals surface area contributed by atoms with Crippen molar-refractivity contribution >= 4 is 0 Å². The molecule has 0 aromatic rings. The van der Waals surface area contributed by atoms with E-state index >= 15 is 0 Å². The Hall–Kier alpha value is -0.960. The molecule has 0 saturated heterocycles. The SMILES string of the molecule is C#CC(/C=C\C=C/C)C(C)CC. The van der Waals surface area contributed by atoms with Crippen LogP contribution >= 0.6 is 0 Å². The third-order valence-electron chi connectivity index (χ3n) is 2.07. The maximum absolute atomic E-state index is 5.41. The first-order chi connectivity index (χ1) is 5.76. The Bertz CT molecular complexity index is 191. The van der Waals surface area contributed by atoms with Crippen molar-refractivity contribution in [3.63, 3.8) is 0 Å². The van der Waals surface area contributed by atoms with Crippen LogP contribution in [0.2, 0.25) is 0 Å². The molecule has 0 N–H and O–H groups in total. The fourth-order valence-corrected chi connectivity index (χ4v) is 0.958. The molecule has 0 amide bonds. The molecule has 0 aromatic heterocycles. The average Bonchev–Trinajstić information content (AvgIpc) is 2.11. The van der Waals surface area contributed by atoms with Gasteiger partial charge >= 0.3 is 0 Å². The highest BCUT2D eigenvalue weighted by Gasteiger charge is 2.07. The first-order valence-corrected chi connectivity index (χ1v) is 4.51. The Morgan fingerprint density at radius 2 is 2.08 bits per heavy atom. The summed E-state index contributed by atoms with van der Waals surface area (Å²) in [5, 5.41) is 0. The van der Waals surface area contributed by atoms with Gasteiger partial charge in [-0.25, -0.2) is 0 Å². The predicted molar refractivity (Wildman–Crippen MR) is 55.7 cm³/mol. The lowest BCUT2D eigenvalue weighted by atomic mass is 9.92. The number of terminal acetylenes is 1. The standard InChI is InChI=1S/C12H18/c1-5-8-9-10-12(7-3)11(4)6-2/h3,5,8-12H,6H2,1-2,4H3/b8-5-,10-9-. The highest BCUT2D eigenvalue weighted by atomic mass is 14.1. The van der Waals surface area contributed by atoms with Gasteiger partial charge in [0.2, 0.25) is 0 Å². The van der Waals surface area contributed by atoms with Gasteiger partial charge < -0.3 is 0 Å². The van der Waals surface area contributed by atoms with Crippen LogP contribution in [0.5, 0.6) is 0 Å². The third-order valence-corrected chi connectivity index (χ3v) is 2.07. The lowest BCUT2D eigenvalue weighted by Gasteiger charge is -2.12. The molecule has 2 unspecified atom stereocenters. The number of hydrogen-bond acceptors (Lipinski definition) is 0. The molecule has 0 heteroatoms. The molecule has 0 heterocycles. The van der Waals surface area contributed by atoms with Crippen molar-refractivity contribution in [3.05, 3.63) is 24.3 Å². The second kappa shape index (κ2) is 6.73. The van der Waals surface area contributed by atoms with E-state index in [-0.39, 0.29) is 5.92 Å². The molecule has 2 atom stereocenters. The molecule has 0 saturated carbocycles. The van der Waals surface area contributed by atoms with E-state index in [9.17, 15) is 0 Å². The van der Waals surface area contributed by atoms with Crippen molar-refractivity contribution in [1.82, 2.24) is 0 Å². The molecule has 12 heavy (non-hydrogen) atoms. The highest BCUT2D eigenvalue weighted by molar-refractivity contribution is 5.11. The fourth-order valence-electron chi connectivity index (χ4n) is 0.958. The van der Waals surface area contributed by atoms with Gasteiger partial charge in [0.1, 0.15) is 0 Å². The van der Waals surface area contributed by atoms with Crippen molar-refractivity contribution in [1.29, 1.82) is 0 Å². The van der Waals surface area contributed by atoms with E-state index in [1.165, 1.54) is 0 Å². The van der Waals surface area contributed by atoms with Gasteiger partial charge in [0.15, 0.2) is 0 Å². The summed E-state index contributed by atoms with van der Waals surface area (Å²) >= 11 is 0. The minimum atomic E-state index is 0.284. The van der Waals surface area contributed by atoms with E-state index in [1.807, 2.05) is 25.2 Å². The van der Waals surface area contributed by atoms with Crippen molar-refractivity contribution in [2.75, 3.05) is 0 Å². The van der Waals surface area contributed by atoms with Crippen LogP contribution in [0.1, 0.15) is 27.2 Å². The molecule has 0 aliphatic rings. The van der Waals surface area contributed by atoms with Gasteiger partial charge in [-0.1, -0.05) is 50.5 Å². The van der Waals surface area contributed by atoms with E-state index in [4.69, 9.17) is 6.42 Å². The molecule has 0 aliphatic carbocycles. The molecule has 0 spiro atoms. The fraction of sp³-hybridized carbons (Fsp3) is 0.500. The Kier molecular flexibility index (Phi) is 6.19. The number of rotatable bonds is 4. The van der Waals surface area contributed by atoms with E-state index in [1.54, 1.807) is 0 Å². The predicted octanol–water partition coefficient (Wildman–Crippen LogP) is 3.41. The van der Waals surface area contributed by atoms with E-state index in [0.717, 1.165) is 6.42 Å². The summed E-state index contributed by atoms with van der Waals surface area (Å²) in [5.74, 6) is 3.65. The Morgan fingerprint density at radius 1 is 1.42 bits per heavy atom. The zero-order valence-corrected chi connectivity index (χ0v) is 8.25. The second-order valence-electron chi connectivity index (χ2n) is 2.99. The van der Waals surface area contributed by atoms with Crippen LogP contribution in [0.3, 0.4) is 0 Å². The van der Waals surface area contributed by atoms with Gasteiger partial charge in [0.25, 0.3) is 0 Å². The van der Waals surface area contributed by atoms with Crippen LogP contribution in [-0.2, 0) is 0 Å². The topological polar surface area (TPSA) is 0 Å². The van der Waals surface area contributed by atoms with Gasteiger partial charge in [0.05, 0.1) is 0 Å². The lowest BCUT2D eigenvalue weighted by molar-refractivity contribution is 0.495. The molecule has 0 bridgehead atoms. The minimum absolute atomic E-state index is 0.284. The second-order valence-corrected chi connectivity index (χ2v) is 2.99. The van der Waals surface area contributed by atoms with Crippen LogP contribution < -0.4 is 0 Å². The summed E-state index contributed by atoms with van der Waals surface area (Å²) in [5.41, 5.74) is 0. The summed E-state index contributed by atoms with van der Waals surface area (Å²) in [6.07, 6.45) is 14.7. The van der Waals surface area contributed by atoms with E-state index in [0.29, 0.717) is 5.92 Å². The zero-order chi connectivity index (χ0) is 9.40. The van der Waals surface area contributed by atoms with Gasteiger partial charge in [0, 0.05) is 5.92 Å². The van der Waals surface area contributed by atoms with E-state index < -0.39 is 0 Å². The first kappa shape index (κ1) is 11.0. The van der Waals surface area contributed by atoms with Crippen LogP contribution in [0.25, 0.3) is 0 Å². The maximum atomic E-state index is 5.41. The van der Waals surface area contributed by atoms with Crippen LogP contribution in [0.4, 0.5) is 0 Å². The Labute approximate surface area is 76.4 Å². The van der Waals surface area contributed by atoms with Crippen LogP contribution in [0.15, 0.2) is 24.3 Å². The van der Waals surface area contributed by atoms with Crippen molar-refractivity contribution < 1.29 is 0 Å². The van der Waals surface area contributed by atoms with E-state index in [2.05, 4.69) is 25.8 Å². The van der Waals surface area contributed by atoms with Crippen LogP contribution in [-0.4, -0.2) is 0 Å². The van der Waals surface area contributed by atoms with Gasteiger partial charge in [-0.15, -0.1) is 6.42 Å². The number of hydrogen-bond donors (Lipinski definition) is 0. The first-order valence-electron chi connectivity index (χ1n) is 4.51. The lowest BCUT2D eigenvalue weighted by Crippen LogP contribution is -2.04. The molecule has 0 fully saturated rings. The molecule has 0 aromatic carbocycles. The smallest absolute Gasteiger partial charge is 0.0408 e. The van der Waals surface area contributed by atoms with Gasteiger partial charge in [-0.2, -0.15) is 0 Å². The largest absolute Gasteiger partial charge is 0.119 e. The monoisotopic (exact) mass is 162 g/mol. The molecular weight excluding hydrogens is 144 g/mol. The Balaban J connectivity index is 4.10. The molecule has 0 radical (unpaired) electrons. The summed E-state index contributed by atoms with van der Waals surface area (Å²) in [6.45, 7) is 6.35. The maximum Gasteiger partial charge on any atom is 0.0408 e. The molecule has 66 valence electrons. The van der Waals surface area contributed by atoms with Crippen molar-refractivity contribution in [2.24, 2.45) is 11.8 Å². The van der Waals surface area contributed by atoms with Crippen LogP contribution in [0, 0.1) is 24.2 Å². The third kappa shape index (κ3) is 4.03. The molecule has 0 aliphatic heterocycles. The summed E-state index contributed by atoms with van der Waals surface area (Å²) in [6, 6.07) is 0. The van der Waals surface area contributed by atoms with Crippen molar-refractivity contribution in [2.45, 2.75) is 27.2 Å². The minimum Gasteiger partial charge on any atom is -0.119 e. The molecule has 0 nitrogen and oxygen atoms in total. The van der Waals surface area contributed by atoms with Gasteiger partial charge in [-0.05, 0) is 12.8 Å². The Morgan fingerprint density at radius 3 is 2.50 bits per heavy atom.